The molecule has 4 rings (SSSR count). The Morgan fingerprint density at radius 2 is 2.07 bits per heavy atom. The zero-order valence-corrected chi connectivity index (χ0v) is 15.3. The Hall–Kier alpha value is -2.97. The van der Waals surface area contributed by atoms with Crippen LogP contribution < -0.4 is 16.2 Å². The van der Waals surface area contributed by atoms with Gasteiger partial charge in [0.15, 0.2) is 0 Å². The highest BCUT2D eigenvalue weighted by Crippen LogP contribution is 2.23. The molecule has 0 aliphatic carbocycles. The van der Waals surface area contributed by atoms with Crippen LogP contribution in [0.1, 0.15) is 36.7 Å². The molecule has 0 spiro atoms. The maximum absolute atomic E-state index is 12.6. The van der Waals surface area contributed by atoms with Gasteiger partial charge in [-0.2, -0.15) is 5.10 Å². The highest BCUT2D eigenvalue weighted by atomic mass is 16.2. The molecule has 8 nitrogen and oxygen atoms in total. The number of aryl methyl sites for hydroxylation is 1. The quantitative estimate of drug-likeness (QED) is 0.636. The largest absolute Gasteiger partial charge is 0.353 e. The molecule has 0 saturated carbocycles. The van der Waals surface area contributed by atoms with E-state index in [2.05, 4.69) is 36.9 Å². The van der Waals surface area contributed by atoms with Crippen molar-refractivity contribution in [2.75, 3.05) is 0 Å². The van der Waals surface area contributed by atoms with Crippen molar-refractivity contribution in [3.8, 4) is 5.69 Å². The van der Waals surface area contributed by atoms with Crippen LogP contribution in [0.4, 0.5) is 0 Å². The van der Waals surface area contributed by atoms with Crippen LogP contribution in [0.2, 0.25) is 0 Å². The van der Waals surface area contributed by atoms with Gasteiger partial charge in [0, 0.05) is 18.9 Å². The Labute approximate surface area is 157 Å². The van der Waals surface area contributed by atoms with Crippen molar-refractivity contribution in [1.29, 1.82) is 0 Å². The van der Waals surface area contributed by atoms with Crippen molar-refractivity contribution in [2.24, 2.45) is 7.05 Å². The zero-order chi connectivity index (χ0) is 18.8. The van der Waals surface area contributed by atoms with Gasteiger partial charge in [0.25, 0.3) is 0 Å². The van der Waals surface area contributed by atoms with Gasteiger partial charge in [-0.15, -0.1) is 0 Å². The van der Waals surface area contributed by atoms with E-state index in [9.17, 15) is 4.79 Å². The Morgan fingerprint density at radius 3 is 2.74 bits per heavy atom. The average molecular weight is 365 g/mol. The minimum absolute atomic E-state index is 0.00735. The number of carbonyl (C=O) groups excluding carboxylic acids is 1. The molecule has 140 valence electrons. The number of hydrogen-bond donors (Lipinski definition) is 3. The first-order valence-electron chi connectivity index (χ1n) is 8.99. The molecule has 1 aliphatic heterocycles. The van der Waals surface area contributed by atoms with E-state index in [-0.39, 0.29) is 24.0 Å². The number of aromatic nitrogens is 4. The molecule has 2 aromatic heterocycles. The maximum atomic E-state index is 12.6. The van der Waals surface area contributed by atoms with Gasteiger partial charge in [0.1, 0.15) is 18.7 Å². The van der Waals surface area contributed by atoms with Crippen LogP contribution in [0, 0.1) is 0 Å². The summed E-state index contributed by atoms with van der Waals surface area (Å²) in [6.07, 6.45) is 5.88. The lowest BCUT2D eigenvalue weighted by molar-refractivity contribution is -0.123. The summed E-state index contributed by atoms with van der Waals surface area (Å²) in [6.45, 7) is 1.99. The predicted octanol–water partition coefficient (Wildman–Crippen LogP) is 1.39. The van der Waals surface area contributed by atoms with Crippen molar-refractivity contribution < 1.29 is 4.79 Å². The van der Waals surface area contributed by atoms with Crippen LogP contribution in [0.25, 0.3) is 5.69 Å². The van der Waals surface area contributed by atoms with Crippen LogP contribution in [-0.4, -0.2) is 31.3 Å². The normalized spacial score (nSPS) is 20.5. The topological polar surface area (TPSA) is 88.8 Å². The second-order valence-electron chi connectivity index (χ2n) is 6.84. The maximum Gasteiger partial charge on any atom is 0.239 e. The summed E-state index contributed by atoms with van der Waals surface area (Å²) >= 11 is 0. The standard InChI is InChI=1S/C19H23N7O/c1-13(14-5-7-15(8-6-14)26-12-20-11-21-26)22-19(27)17-10-16(23-24-17)18-4-3-9-25(18)2/h3-9,11-13,16-17,23-24H,10H2,1-2H3,(H,22,27). The fourth-order valence-electron chi connectivity index (χ4n) is 3.41. The van der Waals surface area contributed by atoms with Crippen LogP contribution in [0.15, 0.2) is 55.2 Å². The highest BCUT2D eigenvalue weighted by Gasteiger charge is 2.31. The third-order valence-electron chi connectivity index (χ3n) is 5.00. The first kappa shape index (κ1) is 17.4. The van der Waals surface area contributed by atoms with Crippen molar-refractivity contribution in [3.63, 3.8) is 0 Å². The lowest BCUT2D eigenvalue weighted by atomic mass is 10.0. The summed E-state index contributed by atoms with van der Waals surface area (Å²) < 4.78 is 3.77. The van der Waals surface area contributed by atoms with E-state index >= 15 is 0 Å². The van der Waals surface area contributed by atoms with Gasteiger partial charge >= 0.3 is 0 Å². The SMILES string of the molecule is CC(NC(=O)C1CC(c2cccn2C)NN1)c1ccc(-n2cncn2)cc1. The van der Waals surface area contributed by atoms with Gasteiger partial charge in [0.05, 0.1) is 17.8 Å². The van der Waals surface area contributed by atoms with E-state index in [4.69, 9.17) is 0 Å². The first-order chi connectivity index (χ1) is 13.1. The number of nitrogens with zero attached hydrogens (tertiary/aromatic N) is 4. The van der Waals surface area contributed by atoms with E-state index in [1.54, 1.807) is 11.0 Å². The Bertz CT molecular complexity index is 901. The summed E-state index contributed by atoms with van der Waals surface area (Å²) in [5, 5.41) is 7.20. The van der Waals surface area contributed by atoms with Crippen LogP contribution in [0.3, 0.4) is 0 Å². The van der Waals surface area contributed by atoms with Crippen molar-refractivity contribution in [1.82, 2.24) is 35.5 Å². The fraction of sp³-hybridized carbons (Fsp3) is 0.316. The molecule has 27 heavy (non-hydrogen) atoms. The van der Waals surface area contributed by atoms with Gasteiger partial charge in [-0.25, -0.2) is 20.5 Å². The summed E-state index contributed by atoms with van der Waals surface area (Å²) in [5.74, 6) is -0.00735. The van der Waals surface area contributed by atoms with Crippen molar-refractivity contribution in [3.05, 3.63) is 66.5 Å². The van der Waals surface area contributed by atoms with Crippen molar-refractivity contribution >= 4 is 5.91 Å². The number of nitrogens with one attached hydrogen (secondary N) is 3. The van der Waals surface area contributed by atoms with E-state index in [0.29, 0.717) is 6.42 Å². The highest BCUT2D eigenvalue weighted by molar-refractivity contribution is 5.82. The van der Waals surface area contributed by atoms with Gasteiger partial charge < -0.3 is 9.88 Å². The van der Waals surface area contributed by atoms with E-state index in [1.165, 1.54) is 6.33 Å². The van der Waals surface area contributed by atoms with Gasteiger partial charge in [-0.1, -0.05) is 12.1 Å². The molecule has 1 aromatic carbocycles. The molecule has 3 unspecified atom stereocenters. The molecule has 3 atom stereocenters. The van der Waals surface area contributed by atoms with Crippen LogP contribution in [-0.2, 0) is 11.8 Å². The summed E-state index contributed by atoms with van der Waals surface area (Å²) in [6, 6.07) is 11.8. The second-order valence-corrected chi connectivity index (χ2v) is 6.84. The van der Waals surface area contributed by atoms with Gasteiger partial charge in [-0.05, 0) is 43.2 Å². The Morgan fingerprint density at radius 1 is 1.26 bits per heavy atom. The second kappa shape index (κ2) is 7.34. The summed E-state index contributed by atoms with van der Waals surface area (Å²) in [7, 11) is 2.01. The molecule has 1 amide bonds. The molecule has 8 heteroatoms. The molecule has 1 fully saturated rings. The zero-order valence-electron chi connectivity index (χ0n) is 15.3. The number of benzene rings is 1. The lowest BCUT2D eigenvalue weighted by Crippen LogP contribution is -2.43. The Kier molecular flexibility index (Phi) is 4.74. The third-order valence-corrected chi connectivity index (χ3v) is 5.00. The number of amides is 1. The van der Waals surface area contributed by atoms with Gasteiger partial charge in [-0.3, -0.25) is 4.79 Å². The minimum Gasteiger partial charge on any atom is -0.353 e. The molecule has 1 saturated heterocycles. The summed E-state index contributed by atoms with van der Waals surface area (Å²) in [5.41, 5.74) is 9.47. The van der Waals surface area contributed by atoms with E-state index in [1.807, 2.05) is 50.5 Å². The molecule has 3 N–H and O–H groups in total. The molecular formula is C19H23N7O. The van der Waals surface area contributed by atoms with Crippen molar-refractivity contribution in [2.45, 2.75) is 31.5 Å². The predicted molar refractivity (Wildman–Crippen MR) is 101 cm³/mol. The van der Waals surface area contributed by atoms with E-state index < -0.39 is 0 Å². The first-order valence-corrected chi connectivity index (χ1v) is 8.99. The molecular weight excluding hydrogens is 342 g/mol. The minimum atomic E-state index is -0.262. The van der Waals surface area contributed by atoms with Crippen LogP contribution >= 0.6 is 0 Å². The lowest BCUT2D eigenvalue weighted by Gasteiger charge is -2.17. The number of rotatable bonds is 5. The Balaban J connectivity index is 1.36. The number of carbonyl (C=O) groups is 1. The molecule has 0 radical (unpaired) electrons. The summed E-state index contributed by atoms with van der Waals surface area (Å²) in [4.78, 5) is 16.6. The number of hydrazine groups is 1. The van der Waals surface area contributed by atoms with E-state index in [0.717, 1.165) is 16.9 Å². The monoisotopic (exact) mass is 365 g/mol. The average Bonchev–Trinajstić information content (AvgIpc) is 3.43. The fourth-order valence-corrected chi connectivity index (χ4v) is 3.41. The van der Waals surface area contributed by atoms with Crippen LogP contribution in [0.5, 0.6) is 0 Å². The molecule has 1 aliphatic rings. The van der Waals surface area contributed by atoms with Gasteiger partial charge in [0.2, 0.25) is 5.91 Å². The molecule has 3 aromatic rings. The number of hydrogen-bond acceptors (Lipinski definition) is 5. The molecule has 0 bridgehead atoms. The third kappa shape index (κ3) is 3.62. The molecule has 3 heterocycles. The smallest absolute Gasteiger partial charge is 0.239 e.